The summed E-state index contributed by atoms with van der Waals surface area (Å²) in [4.78, 5) is 24.7. The number of carbonyl (C=O) groups is 2. The number of ether oxygens (including phenoxy) is 2. The Morgan fingerprint density at radius 2 is 1.92 bits per heavy atom. The van der Waals surface area contributed by atoms with E-state index < -0.39 is 44.9 Å². The van der Waals surface area contributed by atoms with Crippen molar-refractivity contribution in [2.75, 3.05) is 7.11 Å². The molecule has 6 unspecified atom stereocenters. The Balaban J connectivity index is 1.86. The van der Waals surface area contributed by atoms with E-state index in [-0.39, 0.29) is 17.8 Å². The molecule has 24 heavy (non-hydrogen) atoms. The predicted molar refractivity (Wildman–Crippen MR) is 83.3 cm³/mol. The highest BCUT2D eigenvalue weighted by molar-refractivity contribution is 7.87. The van der Waals surface area contributed by atoms with Crippen molar-refractivity contribution in [2.24, 2.45) is 23.2 Å². The van der Waals surface area contributed by atoms with Crippen LogP contribution in [0.3, 0.4) is 0 Å². The minimum absolute atomic E-state index is 0.309. The molecule has 8 heteroatoms. The number of carbonyl (C=O) groups excluding carboxylic acids is 2. The average Bonchev–Trinajstić information content (AvgIpc) is 3.08. The molecule has 3 aliphatic rings. The molecule has 3 rings (SSSR count). The van der Waals surface area contributed by atoms with Crippen LogP contribution < -0.4 is 0 Å². The first-order valence-electron chi connectivity index (χ1n) is 8.35. The number of esters is 2. The summed E-state index contributed by atoms with van der Waals surface area (Å²) in [7, 11) is -2.61. The van der Waals surface area contributed by atoms with Gasteiger partial charge in [-0.2, -0.15) is 8.42 Å². The molecule has 0 aromatic carbocycles. The third kappa shape index (κ3) is 2.45. The fraction of sp³-hybridized carbons (Fsp3) is 0.875. The molecule has 0 aromatic rings. The predicted octanol–water partition coefficient (Wildman–Crippen LogP) is 1.26. The molecule has 0 spiro atoms. The summed E-state index contributed by atoms with van der Waals surface area (Å²) >= 11 is 0. The van der Waals surface area contributed by atoms with Crippen LogP contribution in [0.5, 0.6) is 0 Å². The second kappa shape index (κ2) is 5.69. The van der Waals surface area contributed by atoms with E-state index in [0.29, 0.717) is 12.8 Å². The summed E-state index contributed by atoms with van der Waals surface area (Å²) in [6, 6.07) is 0. The summed E-state index contributed by atoms with van der Waals surface area (Å²) in [6.07, 6.45) is 0.614. The third-order valence-corrected chi connectivity index (χ3v) is 7.47. The average molecular weight is 360 g/mol. The Morgan fingerprint density at radius 3 is 2.50 bits per heavy atom. The van der Waals surface area contributed by atoms with E-state index in [1.165, 1.54) is 7.11 Å². The molecule has 1 aliphatic heterocycles. The smallest absolute Gasteiger partial charge is 0.311 e. The Kier molecular flexibility index (Phi) is 4.19. The lowest BCUT2D eigenvalue weighted by Gasteiger charge is -2.32. The molecule has 1 saturated heterocycles. The standard InChI is InChI=1S/C16H24O7S/c1-5-6-16(2,3)15(18)22-11-8-7-9-12(11)23-24(19,20)13(9)10(8)14(17)21-4/h8-13H,5-7H2,1-4H3. The van der Waals surface area contributed by atoms with Gasteiger partial charge in [0.25, 0.3) is 10.1 Å². The first-order chi connectivity index (χ1) is 11.1. The molecule has 2 bridgehead atoms. The van der Waals surface area contributed by atoms with Gasteiger partial charge in [0.1, 0.15) is 17.5 Å². The van der Waals surface area contributed by atoms with E-state index >= 15 is 0 Å². The maximum Gasteiger partial charge on any atom is 0.311 e. The number of hydrogen-bond donors (Lipinski definition) is 0. The van der Waals surface area contributed by atoms with Crippen LogP contribution in [-0.4, -0.2) is 44.9 Å². The molecule has 0 radical (unpaired) electrons. The van der Waals surface area contributed by atoms with E-state index in [1.807, 2.05) is 6.92 Å². The first-order valence-corrected chi connectivity index (χ1v) is 9.82. The summed E-state index contributed by atoms with van der Waals surface area (Å²) in [5.41, 5.74) is -0.659. The second-order valence-corrected chi connectivity index (χ2v) is 9.36. The van der Waals surface area contributed by atoms with Crippen LogP contribution in [0.25, 0.3) is 0 Å². The van der Waals surface area contributed by atoms with Crippen LogP contribution in [0.2, 0.25) is 0 Å². The number of rotatable bonds is 5. The molecular weight excluding hydrogens is 336 g/mol. The fourth-order valence-electron chi connectivity index (χ4n) is 4.60. The molecule has 136 valence electrons. The first kappa shape index (κ1) is 17.7. The van der Waals surface area contributed by atoms with Gasteiger partial charge in [0.05, 0.1) is 18.4 Å². The van der Waals surface area contributed by atoms with Gasteiger partial charge in [0.2, 0.25) is 0 Å². The lowest BCUT2D eigenvalue weighted by molar-refractivity contribution is -0.171. The van der Waals surface area contributed by atoms with E-state index in [0.717, 1.165) is 6.42 Å². The fourth-order valence-corrected chi connectivity index (χ4v) is 6.66. The lowest BCUT2D eigenvalue weighted by Crippen LogP contribution is -2.47. The second-order valence-electron chi connectivity index (χ2n) is 7.63. The zero-order chi connectivity index (χ0) is 17.9. The topological polar surface area (TPSA) is 96.0 Å². The van der Waals surface area contributed by atoms with Crippen molar-refractivity contribution >= 4 is 22.1 Å². The van der Waals surface area contributed by atoms with Gasteiger partial charge in [0.15, 0.2) is 0 Å². The van der Waals surface area contributed by atoms with E-state index in [2.05, 4.69) is 0 Å². The minimum atomic E-state index is -3.84. The van der Waals surface area contributed by atoms with Crippen molar-refractivity contribution in [1.82, 2.24) is 0 Å². The third-order valence-electron chi connectivity index (χ3n) is 5.67. The van der Waals surface area contributed by atoms with E-state index in [9.17, 15) is 18.0 Å². The maximum absolute atomic E-state index is 12.5. The van der Waals surface area contributed by atoms with Crippen molar-refractivity contribution < 1.29 is 31.7 Å². The Labute approximate surface area is 142 Å². The van der Waals surface area contributed by atoms with Crippen molar-refractivity contribution in [3.63, 3.8) is 0 Å². The summed E-state index contributed by atoms with van der Waals surface area (Å²) in [5.74, 6) is -2.45. The number of fused-ring (bicyclic) bond motifs is 1. The van der Waals surface area contributed by atoms with Crippen LogP contribution in [0.15, 0.2) is 0 Å². The van der Waals surface area contributed by atoms with Gasteiger partial charge in [-0.15, -0.1) is 0 Å². The maximum atomic E-state index is 12.5. The minimum Gasteiger partial charge on any atom is -0.469 e. The molecule has 1 heterocycles. The zero-order valence-corrected chi connectivity index (χ0v) is 15.2. The van der Waals surface area contributed by atoms with Gasteiger partial charge < -0.3 is 9.47 Å². The molecule has 0 aromatic heterocycles. The highest BCUT2D eigenvalue weighted by atomic mass is 32.2. The molecular formula is C16H24O7S. The molecule has 2 aliphatic carbocycles. The van der Waals surface area contributed by atoms with E-state index in [4.69, 9.17) is 13.7 Å². The normalized spacial score (nSPS) is 39.0. The van der Waals surface area contributed by atoms with Crippen LogP contribution in [0.1, 0.15) is 40.0 Å². The Morgan fingerprint density at radius 1 is 1.25 bits per heavy atom. The largest absolute Gasteiger partial charge is 0.469 e. The van der Waals surface area contributed by atoms with Crippen LogP contribution in [-0.2, 0) is 33.4 Å². The zero-order valence-electron chi connectivity index (χ0n) is 14.4. The Bertz CT molecular complexity index is 653. The molecule has 0 amide bonds. The highest BCUT2D eigenvalue weighted by Crippen LogP contribution is 2.58. The molecule has 7 nitrogen and oxygen atoms in total. The number of hydrogen-bond acceptors (Lipinski definition) is 7. The Hall–Kier alpha value is -1.15. The van der Waals surface area contributed by atoms with Crippen molar-refractivity contribution in [3.8, 4) is 0 Å². The molecule has 2 saturated carbocycles. The summed E-state index contributed by atoms with van der Waals surface area (Å²) in [5, 5.41) is -0.876. The molecule has 3 fully saturated rings. The van der Waals surface area contributed by atoms with E-state index in [1.54, 1.807) is 13.8 Å². The SMILES string of the molecule is CCCC(C)(C)C(=O)OC1C2CC3C1OS(=O)(=O)C3C2C(=O)OC. The van der Waals surface area contributed by atoms with Gasteiger partial charge >= 0.3 is 11.9 Å². The van der Waals surface area contributed by atoms with Gasteiger partial charge in [-0.3, -0.25) is 13.8 Å². The monoisotopic (exact) mass is 360 g/mol. The van der Waals surface area contributed by atoms with Crippen molar-refractivity contribution in [1.29, 1.82) is 0 Å². The molecule has 0 N–H and O–H groups in total. The number of methoxy groups -OCH3 is 1. The van der Waals surface area contributed by atoms with Crippen molar-refractivity contribution in [3.05, 3.63) is 0 Å². The quantitative estimate of drug-likeness (QED) is 0.538. The van der Waals surface area contributed by atoms with Gasteiger partial charge in [-0.1, -0.05) is 13.3 Å². The lowest BCUT2D eigenvalue weighted by atomic mass is 9.83. The molecule has 6 atom stereocenters. The summed E-state index contributed by atoms with van der Waals surface area (Å²) in [6.45, 7) is 5.59. The van der Waals surface area contributed by atoms with Crippen LogP contribution >= 0.6 is 0 Å². The van der Waals surface area contributed by atoms with Crippen molar-refractivity contribution in [2.45, 2.75) is 57.5 Å². The van der Waals surface area contributed by atoms with Gasteiger partial charge in [-0.25, -0.2) is 0 Å². The van der Waals surface area contributed by atoms with Gasteiger partial charge in [-0.05, 0) is 26.7 Å². The van der Waals surface area contributed by atoms with Gasteiger partial charge in [0, 0.05) is 11.8 Å². The van der Waals surface area contributed by atoms with Crippen LogP contribution in [0.4, 0.5) is 0 Å². The summed E-state index contributed by atoms with van der Waals surface area (Å²) < 4.78 is 40.2. The highest BCUT2D eigenvalue weighted by Gasteiger charge is 2.72. The van der Waals surface area contributed by atoms with Crippen LogP contribution in [0, 0.1) is 23.2 Å².